The molecule has 0 spiro atoms. The van der Waals surface area contributed by atoms with E-state index in [9.17, 15) is 4.79 Å². The normalized spacial score (nSPS) is 20.6. The summed E-state index contributed by atoms with van der Waals surface area (Å²) >= 11 is 3.56. The molecule has 33 heavy (non-hydrogen) atoms. The standard InChI is InChI=1S/C26H28BrNO5/c27-22-17-20(8-11-23(22)30-15-16-32-25-3-1-2-14-31-25)28-13-12-24(26(28)29)33-21-9-6-19(7-10-21)18-4-5-18/h6-12,17-18,25H,1-5,13-16H2. The van der Waals surface area contributed by atoms with Gasteiger partial charge in [-0.2, -0.15) is 0 Å². The van der Waals surface area contributed by atoms with Gasteiger partial charge in [0.15, 0.2) is 12.0 Å². The van der Waals surface area contributed by atoms with Crippen molar-refractivity contribution in [1.29, 1.82) is 0 Å². The molecule has 1 amide bonds. The minimum Gasteiger partial charge on any atom is -0.490 e. The Bertz CT molecular complexity index is 1010. The van der Waals surface area contributed by atoms with Crippen molar-refractivity contribution in [2.45, 2.75) is 44.3 Å². The molecule has 2 aromatic rings. The van der Waals surface area contributed by atoms with E-state index < -0.39 is 0 Å². The van der Waals surface area contributed by atoms with E-state index in [0.29, 0.717) is 42.9 Å². The predicted octanol–water partition coefficient (Wildman–Crippen LogP) is 5.56. The molecule has 0 bridgehead atoms. The number of halogens is 1. The maximum absolute atomic E-state index is 12.9. The minimum atomic E-state index is -0.150. The average molecular weight is 514 g/mol. The van der Waals surface area contributed by atoms with Crippen LogP contribution in [0.1, 0.15) is 43.6 Å². The van der Waals surface area contributed by atoms with Crippen LogP contribution in [-0.2, 0) is 14.3 Å². The summed E-state index contributed by atoms with van der Waals surface area (Å²) in [5, 5.41) is 0. The summed E-state index contributed by atoms with van der Waals surface area (Å²) in [5.74, 6) is 2.30. The molecule has 1 saturated heterocycles. The zero-order valence-electron chi connectivity index (χ0n) is 18.5. The third kappa shape index (κ3) is 5.60. The number of hydrogen-bond donors (Lipinski definition) is 0. The smallest absolute Gasteiger partial charge is 0.294 e. The maximum atomic E-state index is 12.9. The topological polar surface area (TPSA) is 57.2 Å². The van der Waals surface area contributed by atoms with Crippen LogP contribution in [0.4, 0.5) is 5.69 Å². The number of ether oxygens (including phenoxy) is 4. The van der Waals surface area contributed by atoms with E-state index in [1.165, 1.54) is 18.4 Å². The summed E-state index contributed by atoms with van der Waals surface area (Å²) in [5.41, 5.74) is 2.13. The first kappa shape index (κ1) is 22.4. The van der Waals surface area contributed by atoms with Crippen LogP contribution in [0.25, 0.3) is 0 Å². The fourth-order valence-electron chi connectivity index (χ4n) is 4.09. The Labute approximate surface area is 202 Å². The molecular weight excluding hydrogens is 486 g/mol. The Kier molecular flexibility index (Phi) is 6.99. The van der Waals surface area contributed by atoms with E-state index in [1.807, 2.05) is 36.4 Å². The summed E-state index contributed by atoms with van der Waals surface area (Å²) in [6.07, 6.45) is 7.42. The van der Waals surface area contributed by atoms with Crippen LogP contribution < -0.4 is 14.4 Å². The van der Waals surface area contributed by atoms with Crippen molar-refractivity contribution < 1.29 is 23.7 Å². The largest absolute Gasteiger partial charge is 0.490 e. The first-order chi connectivity index (χ1) is 16.2. The second-order valence-electron chi connectivity index (χ2n) is 8.56. The van der Waals surface area contributed by atoms with Gasteiger partial charge in [-0.1, -0.05) is 12.1 Å². The molecule has 0 radical (unpaired) electrons. The molecule has 5 rings (SSSR count). The molecule has 2 aromatic carbocycles. The molecule has 2 aliphatic heterocycles. The van der Waals surface area contributed by atoms with E-state index in [4.69, 9.17) is 18.9 Å². The van der Waals surface area contributed by atoms with Gasteiger partial charge in [0, 0.05) is 18.8 Å². The lowest BCUT2D eigenvalue weighted by Crippen LogP contribution is -2.27. The molecule has 174 valence electrons. The zero-order chi connectivity index (χ0) is 22.6. The molecule has 0 N–H and O–H groups in total. The van der Waals surface area contributed by atoms with Gasteiger partial charge in [-0.3, -0.25) is 4.79 Å². The number of rotatable bonds is 9. The van der Waals surface area contributed by atoms with Gasteiger partial charge >= 0.3 is 0 Å². The maximum Gasteiger partial charge on any atom is 0.294 e. The van der Waals surface area contributed by atoms with Crippen molar-refractivity contribution in [3.63, 3.8) is 0 Å². The lowest BCUT2D eigenvalue weighted by atomic mass is 10.1. The summed E-state index contributed by atoms with van der Waals surface area (Å²) in [6, 6.07) is 13.7. The fraction of sp³-hybridized carbons (Fsp3) is 0.423. The first-order valence-corrected chi connectivity index (χ1v) is 12.4. The highest BCUT2D eigenvalue weighted by Crippen LogP contribution is 2.40. The van der Waals surface area contributed by atoms with Gasteiger partial charge in [0.1, 0.15) is 18.1 Å². The van der Waals surface area contributed by atoms with Crippen LogP contribution in [-0.4, -0.2) is 38.6 Å². The Morgan fingerprint density at radius 2 is 1.88 bits per heavy atom. The van der Waals surface area contributed by atoms with E-state index in [-0.39, 0.29) is 12.2 Å². The van der Waals surface area contributed by atoms with Crippen LogP contribution >= 0.6 is 15.9 Å². The number of anilines is 1. The SMILES string of the molecule is O=C1C(Oc2ccc(C3CC3)cc2)=CCN1c1ccc(OCCOC2CCCCO2)c(Br)c1. The molecule has 0 aromatic heterocycles. The van der Waals surface area contributed by atoms with Gasteiger partial charge in [-0.15, -0.1) is 0 Å². The van der Waals surface area contributed by atoms with Gasteiger partial charge in [-0.25, -0.2) is 0 Å². The average Bonchev–Trinajstić information content (AvgIpc) is 3.63. The first-order valence-electron chi connectivity index (χ1n) is 11.6. The van der Waals surface area contributed by atoms with E-state index in [1.54, 1.807) is 4.90 Å². The molecule has 7 heteroatoms. The second kappa shape index (κ2) is 10.3. The third-order valence-corrected chi connectivity index (χ3v) is 6.70. The van der Waals surface area contributed by atoms with E-state index in [0.717, 1.165) is 36.0 Å². The highest BCUT2D eigenvalue weighted by molar-refractivity contribution is 9.10. The van der Waals surface area contributed by atoms with E-state index in [2.05, 4.69) is 28.1 Å². The molecule has 1 atom stereocenters. The van der Waals surface area contributed by atoms with Crippen LogP contribution in [0.3, 0.4) is 0 Å². The number of nitrogens with zero attached hydrogens (tertiary/aromatic N) is 1. The molecular formula is C26H28BrNO5. The van der Waals surface area contributed by atoms with Crippen molar-refractivity contribution in [3.8, 4) is 11.5 Å². The molecule has 3 aliphatic rings. The van der Waals surface area contributed by atoms with Crippen molar-refractivity contribution >= 4 is 27.5 Å². The summed E-state index contributed by atoms with van der Waals surface area (Å²) in [7, 11) is 0. The van der Waals surface area contributed by atoms with Crippen LogP contribution in [0.2, 0.25) is 0 Å². The lowest BCUT2D eigenvalue weighted by molar-refractivity contribution is -0.165. The van der Waals surface area contributed by atoms with Crippen molar-refractivity contribution in [1.82, 2.24) is 0 Å². The quantitative estimate of drug-likeness (QED) is 0.411. The van der Waals surface area contributed by atoms with Gasteiger partial charge in [0.05, 0.1) is 11.1 Å². The number of hydrogen-bond acceptors (Lipinski definition) is 5. The highest BCUT2D eigenvalue weighted by Gasteiger charge is 2.28. The lowest BCUT2D eigenvalue weighted by Gasteiger charge is -2.22. The van der Waals surface area contributed by atoms with E-state index >= 15 is 0 Å². The zero-order valence-corrected chi connectivity index (χ0v) is 20.1. The number of benzene rings is 2. The monoisotopic (exact) mass is 513 g/mol. The Morgan fingerprint density at radius 1 is 1.03 bits per heavy atom. The number of carbonyl (C=O) groups excluding carboxylic acids is 1. The van der Waals surface area contributed by atoms with Gasteiger partial charge in [0.2, 0.25) is 0 Å². The molecule has 2 heterocycles. The molecule has 6 nitrogen and oxygen atoms in total. The van der Waals surface area contributed by atoms with Crippen molar-refractivity contribution in [2.75, 3.05) is 31.3 Å². The number of carbonyl (C=O) groups is 1. The molecule has 1 aliphatic carbocycles. The van der Waals surface area contributed by atoms with Crippen LogP contribution in [0.15, 0.2) is 58.8 Å². The predicted molar refractivity (Wildman–Crippen MR) is 129 cm³/mol. The minimum absolute atomic E-state index is 0.116. The van der Waals surface area contributed by atoms with Crippen molar-refractivity contribution in [2.24, 2.45) is 0 Å². The summed E-state index contributed by atoms with van der Waals surface area (Å²) in [6.45, 7) is 2.13. The third-order valence-electron chi connectivity index (χ3n) is 6.08. The second-order valence-corrected chi connectivity index (χ2v) is 9.41. The number of amides is 1. The molecule has 1 unspecified atom stereocenters. The fourth-order valence-corrected chi connectivity index (χ4v) is 4.57. The van der Waals surface area contributed by atoms with Crippen LogP contribution in [0, 0.1) is 0 Å². The van der Waals surface area contributed by atoms with Gasteiger partial charge in [-0.05, 0) is 95.9 Å². The molecule has 1 saturated carbocycles. The Hall–Kier alpha value is -2.35. The summed E-state index contributed by atoms with van der Waals surface area (Å²) in [4.78, 5) is 14.6. The molecule has 2 fully saturated rings. The Morgan fingerprint density at radius 3 is 2.61 bits per heavy atom. The summed E-state index contributed by atoms with van der Waals surface area (Å²) < 4.78 is 23.8. The van der Waals surface area contributed by atoms with Crippen molar-refractivity contribution in [3.05, 3.63) is 64.3 Å². The van der Waals surface area contributed by atoms with Gasteiger partial charge in [0.25, 0.3) is 5.91 Å². The highest BCUT2D eigenvalue weighted by atomic mass is 79.9. The Balaban J connectivity index is 1.12. The van der Waals surface area contributed by atoms with Crippen LogP contribution in [0.5, 0.6) is 11.5 Å². The van der Waals surface area contributed by atoms with Gasteiger partial charge < -0.3 is 23.8 Å².